The second-order valence-corrected chi connectivity index (χ2v) is 5.57. The van der Waals surface area contributed by atoms with E-state index in [0.717, 1.165) is 29.1 Å². The molecule has 0 fully saturated rings. The fourth-order valence-electron chi connectivity index (χ4n) is 2.49. The average molecular weight is 301 g/mol. The minimum atomic E-state index is -0.791. The quantitative estimate of drug-likeness (QED) is 0.825. The molecular formula is C17H23N3O2. The molecule has 0 radical (unpaired) electrons. The Morgan fingerprint density at radius 3 is 2.50 bits per heavy atom. The molecule has 5 heteroatoms. The number of hydrogen-bond donors (Lipinski definition) is 2. The molecule has 1 atom stereocenters. The van der Waals surface area contributed by atoms with Crippen LogP contribution in [0.2, 0.25) is 0 Å². The maximum atomic E-state index is 11.1. The van der Waals surface area contributed by atoms with Crippen molar-refractivity contribution in [3.8, 4) is 5.69 Å². The third kappa shape index (κ3) is 3.95. The summed E-state index contributed by atoms with van der Waals surface area (Å²) in [6.45, 7) is 6.54. The van der Waals surface area contributed by atoms with E-state index in [1.807, 2.05) is 55.8 Å². The van der Waals surface area contributed by atoms with Crippen molar-refractivity contribution in [2.45, 2.75) is 46.2 Å². The zero-order valence-electron chi connectivity index (χ0n) is 13.3. The van der Waals surface area contributed by atoms with Crippen LogP contribution in [0.4, 0.5) is 0 Å². The van der Waals surface area contributed by atoms with Gasteiger partial charge in [0.15, 0.2) is 0 Å². The average Bonchev–Trinajstić information content (AvgIpc) is 2.82. The van der Waals surface area contributed by atoms with Gasteiger partial charge in [0.2, 0.25) is 0 Å². The number of carbonyl (C=O) groups is 1. The van der Waals surface area contributed by atoms with Crippen molar-refractivity contribution < 1.29 is 9.90 Å². The molecule has 0 saturated carbocycles. The number of carboxylic acid groups (broad SMARTS) is 1. The fourth-order valence-corrected chi connectivity index (χ4v) is 2.49. The molecule has 22 heavy (non-hydrogen) atoms. The molecule has 1 aromatic carbocycles. The van der Waals surface area contributed by atoms with Crippen LogP contribution in [0.25, 0.3) is 5.69 Å². The Morgan fingerprint density at radius 2 is 2.00 bits per heavy atom. The van der Waals surface area contributed by atoms with Gasteiger partial charge in [0, 0.05) is 12.2 Å². The van der Waals surface area contributed by atoms with E-state index in [4.69, 9.17) is 5.11 Å². The molecule has 1 unspecified atom stereocenters. The van der Waals surface area contributed by atoms with Gasteiger partial charge in [0.05, 0.1) is 11.4 Å². The fraction of sp³-hybridized carbons (Fsp3) is 0.412. The van der Waals surface area contributed by atoms with Crippen LogP contribution in [0.5, 0.6) is 0 Å². The lowest BCUT2D eigenvalue weighted by molar-refractivity contribution is -0.139. The minimum absolute atomic E-state index is 0.485. The Kier molecular flexibility index (Phi) is 5.33. The van der Waals surface area contributed by atoms with Gasteiger partial charge in [-0.15, -0.1) is 0 Å². The number of benzene rings is 1. The maximum absolute atomic E-state index is 11.1. The lowest BCUT2D eigenvalue weighted by Gasteiger charge is -2.13. The Balaban J connectivity index is 2.03. The number of aromatic nitrogens is 2. The van der Waals surface area contributed by atoms with Crippen LogP contribution in [-0.4, -0.2) is 26.9 Å². The van der Waals surface area contributed by atoms with Crippen LogP contribution in [0.3, 0.4) is 0 Å². The van der Waals surface area contributed by atoms with Gasteiger partial charge in [-0.1, -0.05) is 25.5 Å². The highest BCUT2D eigenvalue weighted by molar-refractivity contribution is 5.73. The summed E-state index contributed by atoms with van der Waals surface area (Å²) in [6.07, 6.45) is 1.49. The third-order valence-corrected chi connectivity index (χ3v) is 3.62. The largest absolute Gasteiger partial charge is 0.480 e. The number of nitrogens with one attached hydrogen (secondary N) is 1. The summed E-state index contributed by atoms with van der Waals surface area (Å²) in [5.74, 6) is -0.791. The summed E-state index contributed by atoms with van der Waals surface area (Å²) in [4.78, 5) is 11.1. The molecule has 0 amide bonds. The van der Waals surface area contributed by atoms with E-state index in [1.54, 1.807) is 0 Å². The van der Waals surface area contributed by atoms with Crippen LogP contribution >= 0.6 is 0 Å². The third-order valence-electron chi connectivity index (χ3n) is 3.62. The van der Waals surface area contributed by atoms with Gasteiger partial charge in [-0.05, 0) is 44.0 Å². The summed E-state index contributed by atoms with van der Waals surface area (Å²) < 4.78 is 1.91. The van der Waals surface area contributed by atoms with Gasteiger partial charge in [-0.25, -0.2) is 4.68 Å². The van der Waals surface area contributed by atoms with Crippen molar-refractivity contribution in [1.82, 2.24) is 15.1 Å². The monoisotopic (exact) mass is 301 g/mol. The first kappa shape index (κ1) is 16.2. The summed E-state index contributed by atoms with van der Waals surface area (Å²) in [5.41, 5.74) is 4.16. The molecule has 0 aliphatic carbocycles. The van der Waals surface area contributed by atoms with Gasteiger partial charge in [0.25, 0.3) is 0 Å². The second-order valence-electron chi connectivity index (χ2n) is 5.57. The molecule has 0 spiro atoms. The smallest absolute Gasteiger partial charge is 0.320 e. The predicted molar refractivity (Wildman–Crippen MR) is 86.2 cm³/mol. The van der Waals surface area contributed by atoms with Gasteiger partial charge < -0.3 is 10.4 Å². The maximum Gasteiger partial charge on any atom is 0.320 e. The normalized spacial score (nSPS) is 12.3. The number of hydrogen-bond acceptors (Lipinski definition) is 3. The van der Waals surface area contributed by atoms with Crippen LogP contribution in [0.15, 0.2) is 30.3 Å². The Labute approximate surface area is 131 Å². The summed E-state index contributed by atoms with van der Waals surface area (Å²) in [7, 11) is 0. The van der Waals surface area contributed by atoms with Crippen LogP contribution in [0.1, 0.15) is 36.7 Å². The Hall–Kier alpha value is -2.14. The summed E-state index contributed by atoms with van der Waals surface area (Å²) in [6, 6.07) is 9.57. The molecule has 118 valence electrons. The van der Waals surface area contributed by atoms with Crippen molar-refractivity contribution in [1.29, 1.82) is 0 Å². The summed E-state index contributed by atoms with van der Waals surface area (Å²) in [5, 5.41) is 16.7. The SMILES string of the molecule is CCCC(NCc1ccc(-n2nc(C)cc2C)cc1)C(=O)O. The Morgan fingerprint density at radius 1 is 1.32 bits per heavy atom. The number of rotatable bonds is 7. The first-order valence-electron chi connectivity index (χ1n) is 7.60. The van der Waals surface area contributed by atoms with Crippen molar-refractivity contribution in [2.24, 2.45) is 0 Å². The predicted octanol–water partition coefficient (Wildman–Crippen LogP) is 2.83. The van der Waals surface area contributed by atoms with Crippen molar-refractivity contribution in [3.63, 3.8) is 0 Å². The van der Waals surface area contributed by atoms with Gasteiger partial charge >= 0.3 is 5.97 Å². The van der Waals surface area contributed by atoms with E-state index in [1.165, 1.54) is 0 Å². The highest BCUT2D eigenvalue weighted by atomic mass is 16.4. The van der Waals surface area contributed by atoms with E-state index in [0.29, 0.717) is 13.0 Å². The molecule has 1 aromatic heterocycles. The van der Waals surface area contributed by atoms with Crippen molar-refractivity contribution >= 4 is 5.97 Å². The van der Waals surface area contributed by atoms with Crippen LogP contribution in [-0.2, 0) is 11.3 Å². The minimum Gasteiger partial charge on any atom is -0.480 e. The van der Waals surface area contributed by atoms with Gasteiger partial charge in [0.1, 0.15) is 6.04 Å². The highest BCUT2D eigenvalue weighted by Gasteiger charge is 2.15. The second kappa shape index (κ2) is 7.22. The molecule has 0 saturated heterocycles. The first-order valence-corrected chi connectivity index (χ1v) is 7.60. The van der Waals surface area contributed by atoms with Crippen LogP contribution < -0.4 is 5.32 Å². The molecule has 0 aliphatic rings. The van der Waals surface area contributed by atoms with Gasteiger partial charge in [-0.2, -0.15) is 5.10 Å². The number of carboxylic acids is 1. The molecule has 5 nitrogen and oxygen atoms in total. The molecular weight excluding hydrogens is 278 g/mol. The first-order chi connectivity index (χ1) is 10.5. The van der Waals surface area contributed by atoms with E-state index in [2.05, 4.69) is 10.4 Å². The highest BCUT2D eigenvalue weighted by Crippen LogP contribution is 2.13. The van der Waals surface area contributed by atoms with E-state index < -0.39 is 12.0 Å². The van der Waals surface area contributed by atoms with Crippen molar-refractivity contribution in [3.05, 3.63) is 47.3 Å². The standard InChI is InChI=1S/C17H23N3O2/c1-4-5-16(17(21)22)18-11-14-6-8-15(9-7-14)20-13(3)10-12(2)19-20/h6-10,16,18H,4-5,11H2,1-3H3,(H,21,22). The number of nitrogens with zero attached hydrogens (tertiary/aromatic N) is 2. The number of aliphatic carboxylic acids is 1. The van der Waals surface area contributed by atoms with Crippen LogP contribution in [0, 0.1) is 13.8 Å². The summed E-state index contributed by atoms with van der Waals surface area (Å²) >= 11 is 0. The zero-order chi connectivity index (χ0) is 16.1. The van der Waals surface area contributed by atoms with E-state index in [9.17, 15) is 4.79 Å². The number of aryl methyl sites for hydroxylation is 2. The molecule has 0 aliphatic heterocycles. The molecule has 2 N–H and O–H groups in total. The van der Waals surface area contributed by atoms with Crippen molar-refractivity contribution in [2.75, 3.05) is 0 Å². The molecule has 0 bridgehead atoms. The van der Waals surface area contributed by atoms with Gasteiger partial charge in [-0.3, -0.25) is 4.79 Å². The topological polar surface area (TPSA) is 67.2 Å². The molecule has 2 aromatic rings. The van der Waals surface area contributed by atoms with E-state index >= 15 is 0 Å². The lowest BCUT2D eigenvalue weighted by Crippen LogP contribution is -2.35. The lowest BCUT2D eigenvalue weighted by atomic mass is 10.1. The Bertz CT molecular complexity index is 632. The zero-order valence-corrected chi connectivity index (χ0v) is 13.3. The van der Waals surface area contributed by atoms with E-state index in [-0.39, 0.29) is 0 Å². The molecule has 1 heterocycles. The molecule has 2 rings (SSSR count).